The number of aliphatic hydroxyl groups is 1. The fourth-order valence-corrected chi connectivity index (χ4v) is 3.46. The summed E-state index contributed by atoms with van der Waals surface area (Å²) in [5.41, 5.74) is 0.994. The molecule has 3 N–H and O–H groups in total. The van der Waals surface area contributed by atoms with Crippen LogP contribution in [0.5, 0.6) is 0 Å². The van der Waals surface area contributed by atoms with Crippen molar-refractivity contribution in [3.63, 3.8) is 0 Å². The normalized spacial score (nSPS) is 18.2. The number of carbonyl (C=O) groups excluding carboxylic acids is 4. The molecule has 0 aromatic heterocycles. The zero-order valence-electron chi connectivity index (χ0n) is 17.6. The van der Waals surface area contributed by atoms with Crippen molar-refractivity contribution in [1.29, 1.82) is 0 Å². The molecule has 1 unspecified atom stereocenters. The quantitative estimate of drug-likeness (QED) is 0.502. The molecule has 1 atom stereocenters. The number of carboxylic acids is 1. The molecule has 1 saturated heterocycles. The van der Waals surface area contributed by atoms with Crippen molar-refractivity contribution in [2.75, 3.05) is 46.2 Å². The Labute approximate surface area is 179 Å². The molecule has 0 saturated carbocycles. The number of imide groups is 2. The van der Waals surface area contributed by atoms with Crippen molar-refractivity contribution in [2.24, 2.45) is 0 Å². The van der Waals surface area contributed by atoms with Gasteiger partial charge in [-0.3, -0.25) is 38.7 Å². The highest BCUT2D eigenvalue weighted by Gasteiger charge is 2.47. The Morgan fingerprint density at radius 1 is 1.19 bits per heavy atom. The number of carboxylic acid groups (broad SMARTS) is 1. The Hall–Kier alpha value is -3.31. The van der Waals surface area contributed by atoms with E-state index in [-0.39, 0.29) is 43.7 Å². The molecule has 2 aliphatic rings. The number of likely N-dealkylation sites (N-methyl/N-ethyl adjacent to an activating group) is 1. The largest absolute Gasteiger partial charge is 0.480 e. The molecule has 11 heteroatoms. The zero-order valence-corrected chi connectivity index (χ0v) is 17.6. The van der Waals surface area contributed by atoms with Crippen molar-refractivity contribution in [1.82, 2.24) is 14.7 Å². The SMILES string of the molecule is CN(C)CC(=O)O.CNc1cccc2c1C(=O)N(C1CCC(=O)N(CCO)C1=O)C2=O. The number of nitrogens with zero attached hydrogens (tertiary/aromatic N) is 3. The van der Waals surface area contributed by atoms with Crippen LogP contribution in [-0.4, -0.2) is 101 Å². The first-order chi connectivity index (χ1) is 14.6. The lowest BCUT2D eigenvalue weighted by atomic mass is 10.0. The molecule has 2 aliphatic heterocycles. The van der Waals surface area contributed by atoms with E-state index < -0.39 is 35.6 Å². The third kappa shape index (κ3) is 5.06. The van der Waals surface area contributed by atoms with E-state index in [0.29, 0.717) is 5.69 Å². The third-order valence-corrected chi connectivity index (χ3v) is 4.79. The van der Waals surface area contributed by atoms with Crippen molar-refractivity contribution >= 4 is 35.3 Å². The minimum Gasteiger partial charge on any atom is -0.480 e. The fourth-order valence-electron chi connectivity index (χ4n) is 3.46. The number of nitrogens with one attached hydrogen (secondary N) is 1. The summed E-state index contributed by atoms with van der Waals surface area (Å²) in [4.78, 5) is 63.0. The second-order valence-electron chi connectivity index (χ2n) is 7.25. The average Bonchev–Trinajstić information content (AvgIpc) is 2.95. The standard InChI is InChI=1S/C16H17N3O5.C4H9NO2/c1-17-10-4-2-3-9-13(10)16(24)19(14(9)22)11-5-6-12(21)18(7-8-20)15(11)23;1-5(2)3-4(6)7/h2-4,11,17,20H,5-8H2,1H3;3H2,1-2H3,(H,6,7). The van der Waals surface area contributed by atoms with Gasteiger partial charge in [0, 0.05) is 19.2 Å². The minimum atomic E-state index is -1.02. The van der Waals surface area contributed by atoms with Gasteiger partial charge in [-0.2, -0.15) is 0 Å². The molecular weight excluding hydrogens is 408 g/mol. The van der Waals surface area contributed by atoms with Crippen molar-refractivity contribution in [3.05, 3.63) is 29.3 Å². The van der Waals surface area contributed by atoms with Crippen LogP contribution in [0.15, 0.2) is 18.2 Å². The van der Waals surface area contributed by atoms with Gasteiger partial charge in [0.2, 0.25) is 5.91 Å². The lowest BCUT2D eigenvalue weighted by molar-refractivity contribution is -0.152. The Morgan fingerprint density at radius 3 is 2.39 bits per heavy atom. The highest BCUT2D eigenvalue weighted by atomic mass is 16.4. The van der Waals surface area contributed by atoms with Crippen LogP contribution in [0.4, 0.5) is 5.69 Å². The molecule has 1 aromatic carbocycles. The Balaban J connectivity index is 0.000000423. The van der Waals surface area contributed by atoms with Gasteiger partial charge >= 0.3 is 5.97 Å². The second-order valence-corrected chi connectivity index (χ2v) is 7.25. The first-order valence-electron chi connectivity index (χ1n) is 9.64. The number of aliphatic carboxylic acids is 1. The van der Waals surface area contributed by atoms with Gasteiger partial charge in [0.05, 0.1) is 30.8 Å². The van der Waals surface area contributed by atoms with E-state index in [4.69, 9.17) is 10.2 Å². The predicted molar refractivity (Wildman–Crippen MR) is 110 cm³/mol. The minimum absolute atomic E-state index is 0.0443. The molecule has 0 bridgehead atoms. The van der Waals surface area contributed by atoms with Crippen LogP contribution < -0.4 is 5.32 Å². The molecule has 1 fully saturated rings. The van der Waals surface area contributed by atoms with E-state index in [1.54, 1.807) is 44.2 Å². The van der Waals surface area contributed by atoms with Crippen LogP contribution in [0, 0.1) is 0 Å². The Morgan fingerprint density at radius 2 is 1.87 bits per heavy atom. The third-order valence-electron chi connectivity index (χ3n) is 4.79. The zero-order chi connectivity index (χ0) is 23.3. The van der Waals surface area contributed by atoms with Crippen molar-refractivity contribution < 1.29 is 34.2 Å². The maximum Gasteiger partial charge on any atom is 0.317 e. The number of benzene rings is 1. The first kappa shape index (κ1) is 24.0. The van der Waals surface area contributed by atoms with E-state index in [1.165, 1.54) is 0 Å². The molecule has 31 heavy (non-hydrogen) atoms. The number of carbonyl (C=O) groups is 5. The molecule has 1 aromatic rings. The number of piperidine rings is 1. The number of anilines is 1. The number of hydrogen-bond donors (Lipinski definition) is 3. The number of rotatable bonds is 6. The molecule has 3 rings (SSSR count). The Kier molecular flexibility index (Phi) is 7.83. The summed E-state index contributed by atoms with van der Waals surface area (Å²) in [6, 6.07) is 3.85. The topological polar surface area (TPSA) is 148 Å². The van der Waals surface area contributed by atoms with Gasteiger partial charge in [0.15, 0.2) is 0 Å². The summed E-state index contributed by atoms with van der Waals surface area (Å²) in [6.45, 7) is -0.394. The molecule has 0 aliphatic carbocycles. The number of hydrogen-bond acceptors (Lipinski definition) is 8. The van der Waals surface area contributed by atoms with Crippen molar-refractivity contribution in [2.45, 2.75) is 18.9 Å². The van der Waals surface area contributed by atoms with Gasteiger partial charge in [-0.05, 0) is 32.6 Å². The van der Waals surface area contributed by atoms with Gasteiger partial charge in [-0.25, -0.2) is 0 Å². The highest BCUT2D eigenvalue weighted by Crippen LogP contribution is 2.32. The van der Waals surface area contributed by atoms with E-state index in [9.17, 15) is 24.0 Å². The number of amides is 4. The Bertz CT molecular complexity index is 900. The summed E-state index contributed by atoms with van der Waals surface area (Å²) in [5, 5.41) is 19.9. The second kappa shape index (κ2) is 10.1. The van der Waals surface area contributed by atoms with Crippen LogP contribution in [0.2, 0.25) is 0 Å². The van der Waals surface area contributed by atoms with Crippen LogP contribution in [0.3, 0.4) is 0 Å². The summed E-state index contributed by atoms with van der Waals surface area (Å²) in [6.07, 6.45) is 0.142. The number of likely N-dealkylation sites (tertiary alicyclic amines) is 1. The molecule has 0 spiro atoms. The lowest BCUT2D eigenvalue weighted by Gasteiger charge is -2.34. The fraction of sp³-hybridized carbons (Fsp3) is 0.450. The van der Waals surface area contributed by atoms with E-state index in [0.717, 1.165) is 9.80 Å². The van der Waals surface area contributed by atoms with Crippen LogP contribution >= 0.6 is 0 Å². The summed E-state index contributed by atoms with van der Waals surface area (Å²) < 4.78 is 0. The number of fused-ring (bicyclic) bond motifs is 1. The van der Waals surface area contributed by atoms with E-state index >= 15 is 0 Å². The van der Waals surface area contributed by atoms with Gasteiger partial charge in [0.25, 0.3) is 17.7 Å². The molecule has 0 radical (unpaired) electrons. The summed E-state index contributed by atoms with van der Waals surface area (Å²) in [7, 11) is 5.08. The van der Waals surface area contributed by atoms with Crippen LogP contribution in [-0.2, 0) is 14.4 Å². The maximum absolute atomic E-state index is 12.7. The van der Waals surface area contributed by atoms with Gasteiger partial charge in [-0.1, -0.05) is 6.07 Å². The highest BCUT2D eigenvalue weighted by molar-refractivity contribution is 6.25. The molecule has 2 heterocycles. The lowest BCUT2D eigenvalue weighted by Crippen LogP contribution is -2.56. The first-order valence-corrected chi connectivity index (χ1v) is 9.64. The molecular formula is C20H26N4O7. The van der Waals surface area contributed by atoms with Crippen molar-refractivity contribution in [3.8, 4) is 0 Å². The maximum atomic E-state index is 12.7. The van der Waals surface area contributed by atoms with Gasteiger partial charge in [-0.15, -0.1) is 0 Å². The van der Waals surface area contributed by atoms with Gasteiger partial charge in [0.1, 0.15) is 6.04 Å². The molecule has 4 amide bonds. The summed E-state index contributed by atoms with van der Waals surface area (Å²) >= 11 is 0. The average molecular weight is 434 g/mol. The van der Waals surface area contributed by atoms with Gasteiger partial charge < -0.3 is 15.5 Å². The number of β-amino-alcohol motifs (C(OH)–C–C–N with tert-alkyl or cyclic N) is 1. The summed E-state index contributed by atoms with van der Waals surface area (Å²) in [5.74, 6) is -2.90. The van der Waals surface area contributed by atoms with E-state index in [2.05, 4.69) is 5.32 Å². The van der Waals surface area contributed by atoms with Crippen LogP contribution in [0.25, 0.3) is 0 Å². The van der Waals surface area contributed by atoms with E-state index in [1.807, 2.05) is 0 Å². The number of aliphatic hydroxyl groups excluding tert-OH is 1. The molecule has 11 nitrogen and oxygen atoms in total. The smallest absolute Gasteiger partial charge is 0.317 e. The molecule has 168 valence electrons. The van der Waals surface area contributed by atoms with Crippen LogP contribution in [0.1, 0.15) is 33.6 Å². The monoisotopic (exact) mass is 434 g/mol. The predicted octanol–water partition coefficient (Wildman–Crippen LogP) is -0.533.